The van der Waals surface area contributed by atoms with Crippen LogP contribution in [0.4, 0.5) is 0 Å². The molecule has 1 aromatic carbocycles. The average molecular weight is 328 g/mol. The van der Waals surface area contributed by atoms with Crippen molar-refractivity contribution in [2.75, 3.05) is 18.9 Å². The summed E-state index contributed by atoms with van der Waals surface area (Å²) >= 11 is 1.90. The molecule has 1 atom stereocenters. The average Bonchev–Trinajstić information content (AvgIpc) is 2.60. The van der Waals surface area contributed by atoms with Gasteiger partial charge in [0.05, 0.1) is 6.61 Å². The maximum Gasteiger partial charge on any atom is 0.256 e. The van der Waals surface area contributed by atoms with Crippen molar-refractivity contribution in [2.24, 2.45) is 0 Å². The molecule has 0 saturated heterocycles. The van der Waals surface area contributed by atoms with Gasteiger partial charge in [-0.3, -0.25) is 4.79 Å². The Bertz CT molecular complexity index is 690. The van der Waals surface area contributed by atoms with E-state index in [1.807, 2.05) is 18.7 Å². The highest BCUT2D eigenvalue weighted by Gasteiger charge is 2.22. The Morgan fingerprint density at radius 2 is 2.22 bits per heavy atom. The fraction of sp³-hybridized carbons (Fsp3) is 0.333. The largest absolute Gasteiger partial charge is 0.477 e. The monoisotopic (exact) mass is 328 g/mol. The number of carbonyl (C=O) groups excluding carboxylic acids is 1. The van der Waals surface area contributed by atoms with Crippen molar-refractivity contribution in [2.45, 2.75) is 18.6 Å². The fourth-order valence-electron chi connectivity index (χ4n) is 2.74. The number of thioether (sulfide) groups is 1. The summed E-state index contributed by atoms with van der Waals surface area (Å²) in [7, 11) is 0. The van der Waals surface area contributed by atoms with Gasteiger partial charge in [-0.1, -0.05) is 24.3 Å². The Hall–Kier alpha value is -2.01. The molecule has 1 aliphatic heterocycles. The first-order valence-corrected chi connectivity index (χ1v) is 8.90. The van der Waals surface area contributed by atoms with Crippen LogP contribution in [0.5, 0.6) is 5.88 Å². The van der Waals surface area contributed by atoms with Gasteiger partial charge in [-0.25, -0.2) is 4.98 Å². The lowest BCUT2D eigenvalue weighted by Gasteiger charge is -2.25. The van der Waals surface area contributed by atoms with Gasteiger partial charge in [0.25, 0.3) is 5.91 Å². The second-order valence-corrected chi connectivity index (χ2v) is 6.62. The molecule has 1 aromatic heterocycles. The second kappa shape index (κ2) is 7.51. The van der Waals surface area contributed by atoms with Gasteiger partial charge in [-0.15, -0.1) is 0 Å². The van der Waals surface area contributed by atoms with Gasteiger partial charge in [-0.05, 0) is 42.4 Å². The highest BCUT2D eigenvalue weighted by Crippen LogP contribution is 2.36. The predicted molar refractivity (Wildman–Crippen MR) is 93.1 cm³/mol. The summed E-state index contributed by atoms with van der Waals surface area (Å²) in [5, 5.41) is 3.33. The zero-order valence-electron chi connectivity index (χ0n) is 13.1. The van der Waals surface area contributed by atoms with E-state index < -0.39 is 0 Å². The van der Waals surface area contributed by atoms with Crippen molar-refractivity contribution in [3.05, 3.63) is 59.3 Å². The molecule has 2 heterocycles. The van der Waals surface area contributed by atoms with Crippen molar-refractivity contribution < 1.29 is 9.53 Å². The summed E-state index contributed by atoms with van der Waals surface area (Å²) in [4.78, 5) is 16.6. The molecule has 2 aromatic rings. The summed E-state index contributed by atoms with van der Waals surface area (Å²) in [6, 6.07) is 12.0. The van der Waals surface area contributed by atoms with Crippen LogP contribution in [-0.4, -0.2) is 29.8 Å². The Kier molecular flexibility index (Phi) is 5.18. The first-order valence-electron chi connectivity index (χ1n) is 7.85. The number of nitrogens with zero attached hydrogens (tertiary/aromatic N) is 1. The molecule has 1 N–H and O–H groups in total. The number of hydrogen-bond acceptors (Lipinski definition) is 4. The molecule has 120 valence electrons. The van der Waals surface area contributed by atoms with Gasteiger partial charge in [-0.2, -0.15) is 11.8 Å². The van der Waals surface area contributed by atoms with Crippen molar-refractivity contribution in [3.8, 4) is 5.88 Å². The highest BCUT2D eigenvalue weighted by molar-refractivity contribution is 7.99. The fourth-order valence-corrected chi connectivity index (χ4v) is 3.97. The van der Waals surface area contributed by atoms with Gasteiger partial charge in [0, 0.05) is 18.0 Å². The molecule has 1 aliphatic rings. The lowest BCUT2D eigenvalue weighted by atomic mass is 10.0. The molecule has 1 amide bonds. The molecule has 5 heteroatoms. The zero-order chi connectivity index (χ0) is 16.1. The number of rotatable bonds is 5. The van der Waals surface area contributed by atoms with Crippen molar-refractivity contribution >= 4 is 17.7 Å². The second-order valence-electron chi connectivity index (χ2n) is 5.31. The highest BCUT2D eigenvalue weighted by atomic mass is 32.2. The van der Waals surface area contributed by atoms with Gasteiger partial charge >= 0.3 is 0 Å². The summed E-state index contributed by atoms with van der Waals surface area (Å²) in [5.41, 5.74) is 3.21. The third-order valence-electron chi connectivity index (χ3n) is 3.84. The van der Waals surface area contributed by atoms with E-state index in [-0.39, 0.29) is 5.91 Å². The number of aryl methyl sites for hydroxylation is 1. The third kappa shape index (κ3) is 3.67. The molecule has 0 spiro atoms. The van der Waals surface area contributed by atoms with Gasteiger partial charge in [0.1, 0.15) is 5.56 Å². The van der Waals surface area contributed by atoms with Crippen LogP contribution in [0.25, 0.3) is 0 Å². The van der Waals surface area contributed by atoms with E-state index in [2.05, 4.69) is 34.6 Å². The topological polar surface area (TPSA) is 51.2 Å². The Labute approximate surface area is 140 Å². The molecule has 0 bridgehead atoms. The van der Waals surface area contributed by atoms with Crippen molar-refractivity contribution in [1.29, 1.82) is 0 Å². The number of aromatic nitrogens is 1. The predicted octanol–water partition coefficient (Wildman–Crippen LogP) is 3.24. The molecule has 0 saturated carbocycles. The van der Waals surface area contributed by atoms with E-state index in [1.54, 1.807) is 18.3 Å². The van der Waals surface area contributed by atoms with Crippen LogP contribution < -0.4 is 10.1 Å². The molecule has 3 rings (SSSR count). The summed E-state index contributed by atoms with van der Waals surface area (Å²) in [5.74, 6) is 1.35. The summed E-state index contributed by atoms with van der Waals surface area (Å²) in [6.07, 6.45) is 2.73. The van der Waals surface area contributed by atoms with E-state index in [0.29, 0.717) is 29.8 Å². The standard InChI is InChI=1S/C18H20N2O2S/c1-2-22-18-15(8-5-10-19-18)17(21)20-12-16-14-7-4-3-6-13(14)9-11-23-16/h3-8,10,16H,2,9,11-12H2,1H3,(H,20,21). The van der Waals surface area contributed by atoms with E-state index in [4.69, 9.17) is 4.74 Å². The molecule has 23 heavy (non-hydrogen) atoms. The van der Waals surface area contributed by atoms with Crippen molar-refractivity contribution in [1.82, 2.24) is 10.3 Å². The molecule has 0 aliphatic carbocycles. The normalized spacial score (nSPS) is 16.5. The number of carbonyl (C=O) groups is 1. The van der Waals surface area contributed by atoms with E-state index >= 15 is 0 Å². The number of amides is 1. The minimum absolute atomic E-state index is 0.134. The van der Waals surface area contributed by atoms with Gasteiger partial charge < -0.3 is 10.1 Å². The Balaban J connectivity index is 1.69. The van der Waals surface area contributed by atoms with Gasteiger partial charge in [0.15, 0.2) is 0 Å². The maximum atomic E-state index is 12.5. The smallest absolute Gasteiger partial charge is 0.256 e. The van der Waals surface area contributed by atoms with E-state index in [0.717, 1.165) is 12.2 Å². The maximum absolute atomic E-state index is 12.5. The van der Waals surface area contributed by atoms with Crippen LogP contribution >= 0.6 is 11.8 Å². The zero-order valence-corrected chi connectivity index (χ0v) is 13.9. The summed E-state index contributed by atoms with van der Waals surface area (Å²) in [6.45, 7) is 2.98. The first-order chi connectivity index (χ1) is 11.3. The molecule has 4 nitrogen and oxygen atoms in total. The number of fused-ring (bicyclic) bond motifs is 1. The van der Waals surface area contributed by atoms with Crippen LogP contribution in [0.2, 0.25) is 0 Å². The third-order valence-corrected chi connectivity index (χ3v) is 5.10. The quantitative estimate of drug-likeness (QED) is 0.915. The number of ether oxygens (including phenoxy) is 1. The number of nitrogens with one attached hydrogen (secondary N) is 1. The van der Waals surface area contributed by atoms with Crippen LogP contribution in [0.3, 0.4) is 0 Å². The molecule has 1 unspecified atom stereocenters. The Morgan fingerprint density at radius 3 is 3.09 bits per heavy atom. The van der Waals surface area contributed by atoms with Crippen LogP contribution in [0.15, 0.2) is 42.6 Å². The number of hydrogen-bond donors (Lipinski definition) is 1. The van der Waals surface area contributed by atoms with E-state index in [1.165, 1.54) is 11.1 Å². The first kappa shape index (κ1) is 15.9. The Morgan fingerprint density at radius 1 is 1.35 bits per heavy atom. The minimum atomic E-state index is -0.134. The molecule has 0 radical (unpaired) electrons. The van der Waals surface area contributed by atoms with Crippen molar-refractivity contribution in [3.63, 3.8) is 0 Å². The number of benzene rings is 1. The minimum Gasteiger partial charge on any atom is -0.477 e. The number of pyridine rings is 1. The van der Waals surface area contributed by atoms with Crippen LogP contribution in [-0.2, 0) is 6.42 Å². The lowest BCUT2D eigenvalue weighted by Crippen LogP contribution is -2.29. The van der Waals surface area contributed by atoms with Crippen LogP contribution in [0.1, 0.15) is 33.7 Å². The lowest BCUT2D eigenvalue weighted by molar-refractivity contribution is 0.0949. The van der Waals surface area contributed by atoms with E-state index in [9.17, 15) is 4.79 Å². The molecular formula is C18H20N2O2S. The van der Waals surface area contributed by atoms with Crippen LogP contribution in [0, 0.1) is 0 Å². The summed E-state index contributed by atoms with van der Waals surface area (Å²) < 4.78 is 5.43. The molecule has 0 fully saturated rings. The van der Waals surface area contributed by atoms with Gasteiger partial charge in [0.2, 0.25) is 5.88 Å². The molecular weight excluding hydrogens is 308 g/mol. The SMILES string of the molecule is CCOc1ncccc1C(=O)NCC1SCCc2ccccc21.